The van der Waals surface area contributed by atoms with Crippen LogP contribution in [0.25, 0.3) is 0 Å². The highest BCUT2D eigenvalue weighted by molar-refractivity contribution is 7.09. The molecule has 0 bridgehead atoms. The number of halogens is 2. The largest absolute Gasteiger partial charge is 0.350 e. The lowest BCUT2D eigenvalue weighted by molar-refractivity contribution is -0.121. The molecule has 2 aromatic rings. The second-order valence-corrected chi connectivity index (χ2v) is 6.71. The Kier molecular flexibility index (Phi) is 4.39. The molecule has 2 heterocycles. The summed E-state index contributed by atoms with van der Waals surface area (Å²) in [6, 6.07) is 6.47. The van der Waals surface area contributed by atoms with Crippen LogP contribution in [0.4, 0.5) is 0 Å². The molecule has 0 saturated carbocycles. The standard InChI is InChI=1S/C15H10Cl2N2O3S/c16-11-4-9-10(5-12(11)17)15(22)19(14(9)21)7-13(20)18-6-8-2-1-3-23-8/h1-5H,6-7H2,(H,18,20). The molecule has 3 rings (SSSR count). The average molecular weight is 369 g/mol. The van der Waals surface area contributed by atoms with Gasteiger partial charge in [-0.15, -0.1) is 11.3 Å². The van der Waals surface area contributed by atoms with Crippen molar-refractivity contribution in [2.75, 3.05) is 6.54 Å². The van der Waals surface area contributed by atoms with Gasteiger partial charge in [-0.25, -0.2) is 0 Å². The fraction of sp³-hybridized carbons (Fsp3) is 0.133. The second kappa shape index (κ2) is 6.31. The molecular weight excluding hydrogens is 359 g/mol. The van der Waals surface area contributed by atoms with E-state index >= 15 is 0 Å². The molecule has 3 amide bonds. The Balaban J connectivity index is 1.71. The lowest BCUT2D eigenvalue weighted by Crippen LogP contribution is -2.40. The molecule has 118 valence electrons. The normalized spacial score (nSPS) is 13.4. The molecule has 0 fully saturated rings. The van der Waals surface area contributed by atoms with Crippen LogP contribution in [0.15, 0.2) is 29.6 Å². The maximum Gasteiger partial charge on any atom is 0.262 e. The molecule has 1 aromatic heterocycles. The molecule has 1 N–H and O–H groups in total. The van der Waals surface area contributed by atoms with E-state index in [-0.39, 0.29) is 27.7 Å². The molecule has 0 unspecified atom stereocenters. The minimum atomic E-state index is -0.546. The first-order valence-electron chi connectivity index (χ1n) is 6.61. The molecule has 23 heavy (non-hydrogen) atoms. The fourth-order valence-corrected chi connectivity index (χ4v) is 3.20. The van der Waals surface area contributed by atoms with Crippen molar-refractivity contribution in [2.45, 2.75) is 6.54 Å². The van der Waals surface area contributed by atoms with Crippen molar-refractivity contribution < 1.29 is 14.4 Å². The number of rotatable bonds is 4. The number of thiophene rings is 1. The van der Waals surface area contributed by atoms with Crippen LogP contribution in [0, 0.1) is 0 Å². The van der Waals surface area contributed by atoms with Crippen molar-refractivity contribution in [3.8, 4) is 0 Å². The predicted molar refractivity (Wildman–Crippen MR) is 88.0 cm³/mol. The summed E-state index contributed by atoms with van der Waals surface area (Å²) < 4.78 is 0. The summed E-state index contributed by atoms with van der Waals surface area (Å²) in [5.74, 6) is -1.50. The Labute approximate surface area is 145 Å². The molecule has 0 saturated heterocycles. The van der Waals surface area contributed by atoms with Crippen LogP contribution in [-0.4, -0.2) is 29.2 Å². The highest BCUT2D eigenvalue weighted by Gasteiger charge is 2.37. The van der Waals surface area contributed by atoms with Gasteiger partial charge in [0.05, 0.1) is 27.7 Å². The van der Waals surface area contributed by atoms with Crippen molar-refractivity contribution >= 4 is 52.3 Å². The molecule has 1 aliphatic rings. The number of nitrogens with zero attached hydrogens (tertiary/aromatic N) is 1. The van der Waals surface area contributed by atoms with E-state index in [4.69, 9.17) is 23.2 Å². The molecule has 0 atom stereocenters. The third-order valence-electron chi connectivity index (χ3n) is 3.35. The number of imide groups is 1. The minimum absolute atomic E-state index is 0.162. The molecular formula is C15H10Cl2N2O3S. The molecule has 0 radical (unpaired) electrons. The van der Waals surface area contributed by atoms with Gasteiger partial charge in [0.1, 0.15) is 6.54 Å². The van der Waals surface area contributed by atoms with Crippen LogP contribution in [0.2, 0.25) is 10.0 Å². The van der Waals surface area contributed by atoms with Crippen LogP contribution < -0.4 is 5.32 Å². The zero-order valence-corrected chi connectivity index (χ0v) is 14.0. The first-order chi connectivity index (χ1) is 11.0. The smallest absolute Gasteiger partial charge is 0.262 e. The van der Waals surface area contributed by atoms with Gasteiger partial charge >= 0.3 is 0 Å². The Morgan fingerprint density at radius 1 is 1.13 bits per heavy atom. The number of hydrogen-bond donors (Lipinski definition) is 1. The monoisotopic (exact) mass is 368 g/mol. The number of fused-ring (bicyclic) bond motifs is 1. The highest BCUT2D eigenvalue weighted by Crippen LogP contribution is 2.31. The zero-order chi connectivity index (χ0) is 16.6. The van der Waals surface area contributed by atoms with E-state index in [0.29, 0.717) is 6.54 Å². The van der Waals surface area contributed by atoms with Crippen molar-refractivity contribution in [1.29, 1.82) is 0 Å². The van der Waals surface area contributed by atoms with Crippen LogP contribution >= 0.6 is 34.5 Å². The Bertz CT molecular complexity index is 764. The van der Waals surface area contributed by atoms with Gasteiger partial charge in [0, 0.05) is 4.88 Å². The zero-order valence-electron chi connectivity index (χ0n) is 11.6. The van der Waals surface area contributed by atoms with Gasteiger partial charge in [-0.1, -0.05) is 29.3 Å². The highest BCUT2D eigenvalue weighted by atomic mass is 35.5. The number of amides is 3. The van der Waals surface area contributed by atoms with Gasteiger partial charge in [0.2, 0.25) is 5.91 Å². The quantitative estimate of drug-likeness (QED) is 0.843. The Hall–Kier alpha value is -1.89. The maximum absolute atomic E-state index is 12.3. The number of hydrogen-bond acceptors (Lipinski definition) is 4. The summed E-state index contributed by atoms with van der Waals surface area (Å²) in [5, 5.41) is 4.96. The summed E-state index contributed by atoms with van der Waals surface area (Å²) >= 11 is 13.3. The summed E-state index contributed by atoms with van der Waals surface area (Å²) in [5.41, 5.74) is 0.325. The van der Waals surface area contributed by atoms with E-state index in [0.717, 1.165) is 9.78 Å². The maximum atomic E-state index is 12.3. The number of nitrogens with one attached hydrogen (secondary N) is 1. The number of benzene rings is 1. The van der Waals surface area contributed by atoms with Crippen molar-refractivity contribution in [2.24, 2.45) is 0 Å². The van der Waals surface area contributed by atoms with Crippen LogP contribution in [0.5, 0.6) is 0 Å². The van der Waals surface area contributed by atoms with E-state index in [2.05, 4.69) is 5.32 Å². The molecule has 8 heteroatoms. The molecule has 1 aromatic carbocycles. The number of carbonyl (C=O) groups excluding carboxylic acids is 3. The first-order valence-corrected chi connectivity index (χ1v) is 8.25. The van der Waals surface area contributed by atoms with E-state index in [1.54, 1.807) is 0 Å². The number of carbonyl (C=O) groups is 3. The fourth-order valence-electron chi connectivity index (χ4n) is 2.23. The predicted octanol–water partition coefficient (Wildman–Crippen LogP) is 2.97. The lowest BCUT2D eigenvalue weighted by Gasteiger charge is -2.13. The summed E-state index contributed by atoms with van der Waals surface area (Å²) in [4.78, 5) is 38.4. The van der Waals surface area contributed by atoms with Crippen LogP contribution in [0.3, 0.4) is 0 Å². The molecule has 1 aliphatic heterocycles. The van der Waals surface area contributed by atoms with Crippen molar-refractivity contribution in [3.05, 3.63) is 55.7 Å². The Morgan fingerprint density at radius 2 is 1.74 bits per heavy atom. The summed E-state index contributed by atoms with van der Waals surface area (Å²) in [6.07, 6.45) is 0. The minimum Gasteiger partial charge on any atom is -0.350 e. The van der Waals surface area contributed by atoms with Gasteiger partial charge in [-0.05, 0) is 23.6 Å². The topological polar surface area (TPSA) is 66.5 Å². The van der Waals surface area contributed by atoms with Crippen molar-refractivity contribution in [1.82, 2.24) is 10.2 Å². The van der Waals surface area contributed by atoms with E-state index < -0.39 is 17.7 Å². The summed E-state index contributed by atoms with van der Waals surface area (Å²) in [6.45, 7) is 0.0181. The van der Waals surface area contributed by atoms with Crippen LogP contribution in [-0.2, 0) is 11.3 Å². The molecule has 0 spiro atoms. The van der Waals surface area contributed by atoms with E-state index in [9.17, 15) is 14.4 Å². The van der Waals surface area contributed by atoms with Gasteiger partial charge in [-0.2, -0.15) is 0 Å². The molecule has 0 aliphatic carbocycles. The third-order valence-corrected chi connectivity index (χ3v) is 4.95. The van der Waals surface area contributed by atoms with Gasteiger partial charge in [0.25, 0.3) is 11.8 Å². The third kappa shape index (κ3) is 3.10. The summed E-state index contributed by atoms with van der Waals surface area (Å²) in [7, 11) is 0. The first kappa shape index (κ1) is 16.0. The van der Waals surface area contributed by atoms with Gasteiger partial charge < -0.3 is 5.32 Å². The Morgan fingerprint density at radius 3 is 2.26 bits per heavy atom. The second-order valence-electron chi connectivity index (χ2n) is 4.86. The van der Waals surface area contributed by atoms with Crippen molar-refractivity contribution in [3.63, 3.8) is 0 Å². The molecule has 5 nitrogen and oxygen atoms in total. The van der Waals surface area contributed by atoms with Gasteiger partial charge in [0.15, 0.2) is 0 Å². The SMILES string of the molecule is O=C(CN1C(=O)c2cc(Cl)c(Cl)cc2C1=O)NCc1cccs1. The van der Waals surface area contributed by atoms with E-state index in [1.165, 1.54) is 23.5 Å². The van der Waals surface area contributed by atoms with Gasteiger partial charge in [-0.3, -0.25) is 19.3 Å². The van der Waals surface area contributed by atoms with E-state index in [1.807, 2.05) is 17.5 Å². The van der Waals surface area contributed by atoms with Crippen LogP contribution in [0.1, 0.15) is 25.6 Å². The lowest BCUT2D eigenvalue weighted by atomic mass is 10.1. The average Bonchev–Trinajstić information content (AvgIpc) is 3.11.